The lowest BCUT2D eigenvalue weighted by Crippen LogP contribution is -2.26. The molecule has 6 nitrogen and oxygen atoms in total. The van der Waals surface area contributed by atoms with E-state index in [1.54, 1.807) is 36.2 Å². The summed E-state index contributed by atoms with van der Waals surface area (Å²) in [7, 11) is 1.70. The third kappa shape index (κ3) is 5.38. The normalized spacial score (nSPS) is 11.3. The number of amides is 1. The van der Waals surface area contributed by atoms with Crippen LogP contribution in [0.5, 0.6) is 5.75 Å². The fourth-order valence-electron chi connectivity index (χ4n) is 3.13. The van der Waals surface area contributed by atoms with Gasteiger partial charge in [-0.15, -0.1) is 0 Å². The summed E-state index contributed by atoms with van der Waals surface area (Å²) in [6.45, 7) is 11.6. The second kappa shape index (κ2) is 9.93. The molecule has 1 aromatic carbocycles. The largest absolute Gasteiger partial charge is 0.422 e. The Morgan fingerprint density at radius 3 is 2.57 bits per heavy atom. The molecule has 2 aromatic rings. The third-order valence-electron chi connectivity index (χ3n) is 4.91. The fourth-order valence-corrected chi connectivity index (χ4v) is 3.13. The van der Waals surface area contributed by atoms with Crippen LogP contribution in [-0.2, 0) is 11.3 Å². The van der Waals surface area contributed by atoms with Gasteiger partial charge >= 0.3 is 5.97 Å². The lowest BCUT2D eigenvalue weighted by molar-refractivity contribution is -0.129. The Kier molecular flexibility index (Phi) is 7.60. The SMILES string of the molecule is CCN(C)C(=O)c1cccc(OC(=O)/C(C#N)=C/c2cc(C)n(CC(C)C)c2C)c1. The molecule has 6 heteroatoms. The highest BCUT2D eigenvalue weighted by Crippen LogP contribution is 2.21. The maximum Gasteiger partial charge on any atom is 0.354 e. The summed E-state index contributed by atoms with van der Waals surface area (Å²) in [5, 5.41) is 9.51. The van der Waals surface area contributed by atoms with Gasteiger partial charge in [-0.2, -0.15) is 5.26 Å². The zero-order chi connectivity index (χ0) is 22.4. The fraction of sp³-hybridized carbons (Fsp3) is 0.375. The van der Waals surface area contributed by atoms with Gasteiger partial charge in [-0.1, -0.05) is 19.9 Å². The number of hydrogen-bond acceptors (Lipinski definition) is 4. The first-order valence-electron chi connectivity index (χ1n) is 10.0. The van der Waals surface area contributed by atoms with Crippen LogP contribution in [0.15, 0.2) is 35.9 Å². The van der Waals surface area contributed by atoms with Gasteiger partial charge in [0.05, 0.1) is 0 Å². The van der Waals surface area contributed by atoms with Crippen LogP contribution < -0.4 is 4.74 Å². The predicted molar refractivity (Wildman–Crippen MR) is 117 cm³/mol. The lowest BCUT2D eigenvalue weighted by Gasteiger charge is -2.14. The second-order valence-electron chi connectivity index (χ2n) is 7.74. The first kappa shape index (κ1) is 23.0. The number of nitriles is 1. The summed E-state index contributed by atoms with van der Waals surface area (Å²) in [5.74, 6) is -0.209. The summed E-state index contributed by atoms with van der Waals surface area (Å²) in [5.41, 5.74) is 3.21. The van der Waals surface area contributed by atoms with E-state index in [0.29, 0.717) is 18.0 Å². The summed E-state index contributed by atoms with van der Waals surface area (Å²) in [4.78, 5) is 26.5. The van der Waals surface area contributed by atoms with E-state index in [2.05, 4.69) is 18.4 Å². The Bertz CT molecular complexity index is 1010. The Hall–Kier alpha value is -3.33. The number of carbonyl (C=O) groups is 2. The summed E-state index contributed by atoms with van der Waals surface area (Å²) in [6.07, 6.45) is 1.56. The van der Waals surface area contributed by atoms with Gasteiger partial charge in [0, 0.05) is 37.1 Å². The van der Waals surface area contributed by atoms with Crippen molar-refractivity contribution in [3.05, 3.63) is 58.4 Å². The van der Waals surface area contributed by atoms with E-state index >= 15 is 0 Å². The molecule has 0 saturated carbocycles. The number of rotatable bonds is 7. The summed E-state index contributed by atoms with van der Waals surface area (Å²) < 4.78 is 7.55. The molecule has 0 spiro atoms. The van der Waals surface area contributed by atoms with E-state index in [1.807, 2.05) is 32.9 Å². The van der Waals surface area contributed by atoms with Crippen LogP contribution in [0.25, 0.3) is 6.08 Å². The van der Waals surface area contributed by atoms with Crippen molar-refractivity contribution in [3.8, 4) is 11.8 Å². The van der Waals surface area contributed by atoms with E-state index < -0.39 is 5.97 Å². The Morgan fingerprint density at radius 2 is 1.97 bits per heavy atom. The molecule has 0 aliphatic heterocycles. The van der Waals surface area contributed by atoms with Gasteiger partial charge in [0.1, 0.15) is 17.4 Å². The molecule has 0 aliphatic carbocycles. The number of hydrogen-bond donors (Lipinski definition) is 0. The van der Waals surface area contributed by atoms with E-state index in [-0.39, 0.29) is 17.2 Å². The molecule has 0 radical (unpaired) electrons. The van der Waals surface area contributed by atoms with Gasteiger partial charge in [-0.05, 0) is 62.6 Å². The quantitative estimate of drug-likeness (QED) is 0.296. The minimum absolute atomic E-state index is 0.0952. The van der Waals surface area contributed by atoms with Gasteiger partial charge in [-0.25, -0.2) is 4.79 Å². The first-order valence-corrected chi connectivity index (χ1v) is 10.0. The third-order valence-corrected chi connectivity index (χ3v) is 4.91. The molecule has 158 valence electrons. The molecule has 1 aromatic heterocycles. The first-order chi connectivity index (χ1) is 14.2. The number of aromatic nitrogens is 1. The van der Waals surface area contributed by atoms with Crippen LogP contribution >= 0.6 is 0 Å². The molecule has 0 bridgehead atoms. The monoisotopic (exact) mass is 407 g/mol. The van der Waals surface area contributed by atoms with E-state index in [9.17, 15) is 14.9 Å². The van der Waals surface area contributed by atoms with Crippen LogP contribution in [0, 0.1) is 31.1 Å². The van der Waals surface area contributed by atoms with Crippen molar-refractivity contribution >= 4 is 18.0 Å². The van der Waals surface area contributed by atoms with Crippen LogP contribution in [0.3, 0.4) is 0 Å². The number of carbonyl (C=O) groups excluding carboxylic acids is 2. The van der Waals surface area contributed by atoms with Crippen molar-refractivity contribution < 1.29 is 14.3 Å². The van der Waals surface area contributed by atoms with Crippen molar-refractivity contribution in [2.24, 2.45) is 5.92 Å². The highest BCUT2D eigenvalue weighted by Gasteiger charge is 2.17. The smallest absolute Gasteiger partial charge is 0.354 e. The molecule has 1 amide bonds. The minimum Gasteiger partial charge on any atom is -0.422 e. The lowest BCUT2D eigenvalue weighted by atomic mass is 10.1. The van der Waals surface area contributed by atoms with Gasteiger partial charge in [-0.3, -0.25) is 4.79 Å². The molecule has 0 fully saturated rings. The van der Waals surface area contributed by atoms with Crippen LogP contribution in [-0.4, -0.2) is 34.9 Å². The van der Waals surface area contributed by atoms with Crippen LogP contribution in [0.2, 0.25) is 0 Å². The maximum absolute atomic E-state index is 12.6. The highest BCUT2D eigenvalue weighted by atomic mass is 16.5. The van der Waals surface area contributed by atoms with Gasteiger partial charge < -0.3 is 14.2 Å². The average molecular weight is 408 g/mol. The topological polar surface area (TPSA) is 75.3 Å². The van der Waals surface area contributed by atoms with Crippen LogP contribution in [0.4, 0.5) is 0 Å². The Balaban J connectivity index is 2.26. The van der Waals surface area contributed by atoms with Crippen molar-refractivity contribution in [1.29, 1.82) is 5.26 Å². The van der Waals surface area contributed by atoms with Gasteiger partial charge in [0.2, 0.25) is 0 Å². The number of aryl methyl sites for hydroxylation is 1. The van der Waals surface area contributed by atoms with Crippen molar-refractivity contribution in [3.63, 3.8) is 0 Å². The number of nitrogens with zero attached hydrogens (tertiary/aromatic N) is 3. The van der Waals surface area contributed by atoms with E-state index in [4.69, 9.17) is 4.74 Å². The highest BCUT2D eigenvalue weighted by molar-refractivity contribution is 5.99. The Labute approximate surface area is 178 Å². The molecule has 0 atom stereocenters. The van der Waals surface area contributed by atoms with E-state index in [1.165, 1.54) is 6.07 Å². The summed E-state index contributed by atoms with van der Waals surface area (Å²) >= 11 is 0. The van der Waals surface area contributed by atoms with Crippen molar-refractivity contribution in [2.45, 2.75) is 41.2 Å². The van der Waals surface area contributed by atoms with E-state index in [0.717, 1.165) is 23.5 Å². The minimum atomic E-state index is -0.750. The van der Waals surface area contributed by atoms with Gasteiger partial charge in [0.25, 0.3) is 5.91 Å². The van der Waals surface area contributed by atoms with Crippen molar-refractivity contribution in [1.82, 2.24) is 9.47 Å². The average Bonchev–Trinajstić information content (AvgIpc) is 2.97. The maximum atomic E-state index is 12.6. The molecule has 0 N–H and O–H groups in total. The molecule has 2 rings (SSSR count). The molecule has 0 aliphatic rings. The Morgan fingerprint density at radius 1 is 1.27 bits per heavy atom. The molecule has 0 saturated heterocycles. The zero-order valence-corrected chi connectivity index (χ0v) is 18.5. The van der Waals surface area contributed by atoms with Crippen LogP contribution in [0.1, 0.15) is 48.1 Å². The van der Waals surface area contributed by atoms with Crippen molar-refractivity contribution in [2.75, 3.05) is 13.6 Å². The summed E-state index contributed by atoms with van der Waals surface area (Å²) in [6, 6.07) is 10.3. The number of benzene rings is 1. The molecular formula is C24H29N3O3. The second-order valence-corrected chi connectivity index (χ2v) is 7.74. The zero-order valence-electron chi connectivity index (χ0n) is 18.5. The number of ether oxygens (including phenoxy) is 1. The predicted octanol–water partition coefficient (Wildman–Crippen LogP) is 4.37. The molecule has 0 unspecified atom stereocenters. The van der Waals surface area contributed by atoms with Gasteiger partial charge in [0.15, 0.2) is 0 Å². The standard InChI is InChI=1S/C24H29N3O3/c1-7-26(6)23(28)19-9-8-10-22(13-19)30-24(29)21(14-25)12-20-11-17(4)27(18(20)5)15-16(2)3/h8-13,16H,7,15H2,1-6H3/b21-12+. The molecular weight excluding hydrogens is 378 g/mol. The molecule has 30 heavy (non-hydrogen) atoms. The number of esters is 1. The molecule has 1 heterocycles.